The van der Waals surface area contributed by atoms with Gasteiger partial charge >= 0.3 is 0 Å². The standard InChI is InChI=1S/C23H29N5O/c29-22(12-16-26-15-11-18-7-3-4-9-20(18)26)27-13-6-8-19(17-27)23-25-24-21-10-2-1-5-14-28(21)23/h3-4,7,9,11,15,19H,1-2,5-6,8,10,12-14,16-17H2. The molecule has 0 N–H and O–H groups in total. The lowest BCUT2D eigenvalue weighted by molar-refractivity contribution is -0.132. The number of likely N-dealkylation sites (tertiary alicyclic amines) is 1. The summed E-state index contributed by atoms with van der Waals surface area (Å²) in [5, 5.41) is 10.2. The van der Waals surface area contributed by atoms with Crippen molar-refractivity contribution < 1.29 is 4.79 Å². The van der Waals surface area contributed by atoms with Crippen LogP contribution < -0.4 is 0 Å². The first-order valence-electron chi connectivity index (χ1n) is 11.0. The van der Waals surface area contributed by atoms with E-state index in [2.05, 4.69) is 60.8 Å². The van der Waals surface area contributed by atoms with Crippen LogP contribution in [0.3, 0.4) is 0 Å². The SMILES string of the molecule is O=C(CCn1ccc2ccccc21)N1CCCC(c2nnc3n2CCCCC3)C1. The largest absolute Gasteiger partial charge is 0.347 e. The Balaban J connectivity index is 1.25. The minimum atomic E-state index is 0.253. The third-order valence-electron chi connectivity index (χ3n) is 6.52. The predicted octanol–water partition coefficient (Wildman–Crippen LogP) is 3.76. The van der Waals surface area contributed by atoms with Gasteiger partial charge in [-0.05, 0) is 43.2 Å². The first-order valence-corrected chi connectivity index (χ1v) is 11.0. The van der Waals surface area contributed by atoms with Crippen molar-refractivity contribution in [3.63, 3.8) is 0 Å². The highest BCUT2D eigenvalue weighted by atomic mass is 16.2. The fraction of sp³-hybridized carbons (Fsp3) is 0.522. The van der Waals surface area contributed by atoms with E-state index in [-0.39, 0.29) is 5.91 Å². The fourth-order valence-electron chi connectivity index (χ4n) is 4.93. The van der Waals surface area contributed by atoms with Gasteiger partial charge in [0.1, 0.15) is 11.6 Å². The van der Waals surface area contributed by atoms with Gasteiger partial charge in [0.15, 0.2) is 0 Å². The summed E-state index contributed by atoms with van der Waals surface area (Å²) in [6.07, 6.45) is 9.50. The number of aryl methyl sites for hydroxylation is 2. The van der Waals surface area contributed by atoms with Crippen LogP contribution >= 0.6 is 0 Å². The van der Waals surface area contributed by atoms with Gasteiger partial charge in [-0.15, -0.1) is 10.2 Å². The molecular formula is C23H29N5O. The second kappa shape index (κ2) is 8.01. The number of amides is 1. The molecule has 4 heterocycles. The van der Waals surface area contributed by atoms with Crippen LogP contribution in [0.25, 0.3) is 10.9 Å². The predicted molar refractivity (Wildman–Crippen MR) is 113 cm³/mol. The molecule has 1 aromatic carbocycles. The molecule has 6 nitrogen and oxygen atoms in total. The molecule has 1 atom stereocenters. The number of carbonyl (C=O) groups is 1. The van der Waals surface area contributed by atoms with Gasteiger partial charge in [0.25, 0.3) is 0 Å². The third-order valence-corrected chi connectivity index (χ3v) is 6.52. The molecule has 0 bridgehead atoms. The molecule has 0 spiro atoms. The number of carbonyl (C=O) groups excluding carboxylic acids is 1. The van der Waals surface area contributed by atoms with E-state index in [4.69, 9.17) is 0 Å². The second-order valence-corrected chi connectivity index (χ2v) is 8.43. The number of hydrogen-bond donors (Lipinski definition) is 0. The Hall–Kier alpha value is -2.63. The van der Waals surface area contributed by atoms with E-state index in [1.165, 1.54) is 30.2 Å². The second-order valence-electron chi connectivity index (χ2n) is 8.43. The van der Waals surface area contributed by atoms with E-state index in [1.807, 2.05) is 0 Å². The van der Waals surface area contributed by atoms with E-state index in [0.29, 0.717) is 12.3 Å². The van der Waals surface area contributed by atoms with Gasteiger partial charge < -0.3 is 14.0 Å². The number of para-hydroxylation sites is 1. The van der Waals surface area contributed by atoms with Gasteiger partial charge in [0.2, 0.25) is 5.91 Å². The van der Waals surface area contributed by atoms with Crippen LogP contribution in [0.2, 0.25) is 0 Å². The highest BCUT2D eigenvalue weighted by Gasteiger charge is 2.29. The van der Waals surface area contributed by atoms with Crippen LogP contribution in [0, 0.1) is 0 Å². The van der Waals surface area contributed by atoms with E-state index >= 15 is 0 Å². The number of aromatic nitrogens is 4. The van der Waals surface area contributed by atoms with E-state index < -0.39 is 0 Å². The van der Waals surface area contributed by atoms with Gasteiger partial charge in [-0.25, -0.2) is 0 Å². The van der Waals surface area contributed by atoms with Crippen LogP contribution in [0.15, 0.2) is 36.5 Å². The first-order chi connectivity index (χ1) is 14.3. The lowest BCUT2D eigenvalue weighted by Crippen LogP contribution is -2.40. The molecule has 2 aliphatic rings. The lowest BCUT2D eigenvalue weighted by Gasteiger charge is -2.32. The van der Waals surface area contributed by atoms with Crippen molar-refractivity contribution in [3.8, 4) is 0 Å². The molecule has 1 unspecified atom stereocenters. The van der Waals surface area contributed by atoms with Crippen molar-refractivity contribution in [3.05, 3.63) is 48.2 Å². The van der Waals surface area contributed by atoms with Crippen molar-refractivity contribution >= 4 is 16.8 Å². The summed E-state index contributed by atoms with van der Waals surface area (Å²) in [5.74, 6) is 2.82. The molecule has 0 radical (unpaired) electrons. The minimum absolute atomic E-state index is 0.253. The lowest BCUT2D eigenvalue weighted by atomic mass is 9.96. The Kier molecular flexibility index (Phi) is 5.08. The van der Waals surface area contributed by atoms with Gasteiger partial charge in [-0.1, -0.05) is 24.6 Å². The zero-order valence-electron chi connectivity index (χ0n) is 17.0. The van der Waals surface area contributed by atoms with E-state index in [0.717, 1.165) is 57.1 Å². The number of nitrogens with zero attached hydrogens (tertiary/aromatic N) is 5. The zero-order chi connectivity index (χ0) is 19.6. The summed E-state index contributed by atoms with van der Waals surface area (Å²) in [4.78, 5) is 15.0. The molecule has 152 valence electrons. The van der Waals surface area contributed by atoms with Crippen LogP contribution in [-0.4, -0.2) is 43.2 Å². The van der Waals surface area contributed by atoms with Crippen molar-refractivity contribution in [1.82, 2.24) is 24.2 Å². The van der Waals surface area contributed by atoms with Crippen molar-refractivity contribution in [2.75, 3.05) is 13.1 Å². The Bertz CT molecular complexity index is 1000. The van der Waals surface area contributed by atoms with Crippen LogP contribution in [0.1, 0.15) is 56.1 Å². The summed E-state index contributed by atoms with van der Waals surface area (Å²) in [5.41, 5.74) is 1.20. The number of piperidine rings is 1. The molecule has 29 heavy (non-hydrogen) atoms. The Morgan fingerprint density at radius 1 is 1.03 bits per heavy atom. The molecule has 1 amide bonds. The quantitative estimate of drug-likeness (QED) is 0.680. The number of fused-ring (bicyclic) bond motifs is 2. The van der Waals surface area contributed by atoms with Gasteiger partial charge in [0, 0.05) is 56.7 Å². The Morgan fingerprint density at radius 2 is 1.97 bits per heavy atom. The van der Waals surface area contributed by atoms with Gasteiger partial charge in [-0.2, -0.15) is 0 Å². The number of hydrogen-bond acceptors (Lipinski definition) is 3. The molecule has 3 aromatic rings. The molecular weight excluding hydrogens is 362 g/mol. The van der Waals surface area contributed by atoms with E-state index in [1.54, 1.807) is 0 Å². The molecule has 2 aromatic heterocycles. The molecule has 0 saturated carbocycles. The van der Waals surface area contributed by atoms with E-state index in [9.17, 15) is 4.79 Å². The fourth-order valence-corrected chi connectivity index (χ4v) is 4.93. The Morgan fingerprint density at radius 3 is 2.93 bits per heavy atom. The monoisotopic (exact) mass is 391 g/mol. The molecule has 0 aliphatic carbocycles. The molecule has 5 rings (SSSR count). The summed E-state index contributed by atoms with van der Waals surface area (Å²) in [7, 11) is 0. The summed E-state index contributed by atoms with van der Waals surface area (Å²) >= 11 is 0. The smallest absolute Gasteiger partial charge is 0.224 e. The van der Waals surface area contributed by atoms with Crippen LogP contribution in [0.4, 0.5) is 0 Å². The average Bonchev–Trinajstić information content (AvgIpc) is 3.29. The third kappa shape index (κ3) is 3.68. The Labute approximate surface area is 171 Å². The normalized spacial score (nSPS) is 19.9. The maximum Gasteiger partial charge on any atom is 0.224 e. The maximum absolute atomic E-state index is 13.0. The zero-order valence-corrected chi connectivity index (χ0v) is 17.0. The average molecular weight is 392 g/mol. The molecule has 2 aliphatic heterocycles. The highest BCUT2D eigenvalue weighted by Crippen LogP contribution is 2.28. The summed E-state index contributed by atoms with van der Waals surface area (Å²) in [6, 6.07) is 10.5. The molecule has 1 fully saturated rings. The van der Waals surface area contributed by atoms with Crippen molar-refractivity contribution in [2.24, 2.45) is 0 Å². The maximum atomic E-state index is 13.0. The van der Waals surface area contributed by atoms with Crippen molar-refractivity contribution in [2.45, 2.75) is 64.0 Å². The number of benzene rings is 1. The van der Waals surface area contributed by atoms with Gasteiger partial charge in [-0.3, -0.25) is 4.79 Å². The summed E-state index contributed by atoms with van der Waals surface area (Å²) in [6.45, 7) is 3.41. The summed E-state index contributed by atoms with van der Waals surface area (Å²) < 4.78 is 4.53. The van der Waals surface area contributed by atoms with Gasteiger partial charge in [0.05, 0.1) is 0 Å². The molecule has 6 heteroatoms. The topological polar surface area (TPSA) is 56.0 Å². The minimum Gasteiger partial charge on any atom is -0.347 e. The van der Waals surface area contributed by atoms with Crippen LogP contribution in [0.5, 0.6) is 0 Å². The number of rotatable bonds is 4. The van der Waals surface area contributed by atoms with Crippen molar-refractivity contribution in [1.29, 1.82) is 0 Å². The first kappa shape index (κ1) is 18.4. The van der Waals surface area contributed by atoms with Crippen LogP contribution in [-0.2, 0) is 24.3 Å². The molecule has 1 saturated heterocycles. The highest BCUT2D eigenvalue weighted by molar-refractivity contribution is 5.80.